The Morgan fingerprint density at radius 1 is 0.844 bits per heavy atom. The molecule has 2 aromatic carbocycles. The standard InChI is InChI=1S/C31H35N11O3/c1-20-25-26(21-8-12-24(13-9-21)42(44)45)33-31(43)34-27(25)41(38-20)23-14-10-22(11-15-23)32-28-35-29(39-16-4-2-5-17-39)37-30(36-28)40-18-6-3-7-19-40/h8-15,26H,2-7,16-19H2,1H3,(H2,33,34,43)(H,32,35,36,37). The Morgan fingerprint density at radius 2 is 1.44 bits per heavy atom. The molecule has 0 aliphatic carbocycles. The lowest BCUT2D eigenvalue weighted by Crippen LogP contribution is -2.38. The molecule has 1 unspecified atom stereocenters. The van der Waals surface area contributed by atoms with Gasteiger partial charge in [0, 0.05) is 49.6 Å². The van der Waals surface area contributed by atoms with Crippen molar-refractivity contribution in [3.05, 3.63) is 75.5 Å². The highest BCUT2D eigenvalue weighted by atomic mass is 16.6. The van der Waals surface area contributed by atoms with Gasteiger partial charge in [0.05, 0.1) is 22.3 Å². The maximum atomic E-state index is 12.7. The first-order valence-corrected chi connectivity index (χ1v) is 15.5. The third kappa shape index (κ3) is 5.82. The Morgan fingerprint density at radius 3 is 2.02 bits per heavy atom. The molecule has 2 fully saturated rings. The number of rotatable bonds is 7. The highest BCUT2D eigenvalue weighted by Crippen LogP contribution is 2.36. The first kappa shape index (κ1) is 28.5. The number of anilines is 5. The highest BCUT2D eigenvalue weighted by molar-refractivity contribution is 5.93. The van der Waals surface area contributed by atoms with Crippen LogP contribution in [0.1, 0.15) is 61.4 Å². The van der Waals surface area contributed by atoms with Crippen LogP contribution in [-0.2, 0) is 0 Å². The molecule has 14 heteroatoms. The topological polar surface area (TPSA) is 159 Å². The summed E-state index contributed by atoms with van der Waals surface area (Å²) in [7, 11) is 0. The van der Waals surface area contributed by atoms with E-state index in [1.54, 1.807) is 16.8 Å². The summed E-state index contributed by atoms with van der Waals surface area (Å²) in [5.74, 6) is 2.50. The molecule has 7 rings (SSSR count). The van der Waals surface area contributed by atoms with Crippen LogP contribution in [0.5, 0.6) is 0 Å². The quantitative estimate of drug-likeness (QED) is 0.187. The maximum absolute atomic E-state index is 12.7. The molecule has 2 saturated heterocycles. The molecular formula is C31H35N11O3. The molecule has 3 N–H and O–H groups in total. The van der Waals surface area contributed by atoms with E-state index in [1.165, 1.54) is 25.0 Å². The van der Waals surface area contributed by atoms with Crippen LogP contribution in [0.4, 0.5) is 39.8 Å². The van der Waals surface area contributed by atoms with Crippen LogP contribution in [0.2, 0.25) is 0 Å². The van der Waals surface area contributed by atoms with Crippen LogP contribution in [0, 0.1) is 17.0 Å². The van der Waals surface area contributed by atoms with Gasteiger partial charge in [0.2, 0.25) is 17.8 Å². The van der Waals surface area contributed by atoms with Gasteiger partial charge in [-0.05, 0) is 87.4 Å². The van der Waals surface area contributed by atoms with Gasteiger partial charge >= 0.3 is 6.03 Å². The monoisotopic (exact) mass is 609 g/mol. The van der Waals surface area contributed by atoms with E-state index < -0.39 is 11.0 Å². The molecule has 45 heavy (non-hydrogen) atoms. The SMILES string of the molecule is Cc1nn(-c2ccc(Nc3nc(N4CCCCC4)nc(N4CCCCC4)n3)cc2)c2c1C(c1ccc([N+](=O)[O-])cc1)NC(=O)N2. The van der Waals surface area contributed by atoms with E-state index in [1.807, 2.05) is 31.2 Å². The lowest BCUT2D eigenvalue weighted by atomic mass is 9.97. The molecule has 4 aromatic rings. The van der Waals surface area contributed by atoms with Crippen molar-refractivity contribution in [2.45, 2.75) is 51.5 Å². The fraction of sp³-hybridized carbons (Fsp3) is 0.387. The number of nitro groups is 1. The third-order valence-corrected chi connectivity index (χ3v) is 8.60. The summed E-state index contributed by atoms with van der Waals surface area (Å²) in [5.41, 5.74) is 3.81. The van der Waals surface area contributed by atoms with Gasteiger partial charge in [-0.25, -0.2) is 9.48 Å². The number of piperidine rings is 2. The van der Waals surface area contributed by atoms with Gasteiger partial charge in [0.25, 0.3) is 5.69 Å². The van der Waals surface area contributed by atoms with Crippen molar-refractivity contribution in [3.63, 3.8) is 0 Å². The number of nitrogens with one attached hydrogen (secondary N) is 3. The molecule has 14 nitrogen and oxygen atoms in total. The Balaban J connectivity index is 1.16. The Hall–Kier alpha value is -5.27. The van der Waals surface area contributed by atoms with E-state index in [-0.39, 0.29) is 11.7 Å². The largest absolute Gasteiger partial charge is 0.341 e. The van der Waals surface area contributed by atoms with E-state index in [4.69, 9.17) is 20.1 Å². The average molecular weight is 610 g/mol. The van der Waals surface area contributed by atoms with Crippen LogP contribution >= 0.6 is 0 Å². The van der Waals surface area contributed by atoms with Crippen molar-refractivity contribution < 1.29 is 9.72 Å². The number of urea groups is 1. The zero-order valence-corrected chi connectivity index (χ0v) is 25.1. The summed E-state index contributed by atoms with van der Waals surface area (Å²) in [5, 5.41) is 25.1. The number of aryl methyl sites for hydroxylation is 1. The predicted octanol–water partition coefficient (Wildman–Crippen LogP) is 5.22. The van der Waals surface area contributed by atoms with E-state index in [2.05, 4.69) is 25.8 Å². The van der Waals surface area contributed by atoms with Crippen LogP contribution in [0.25, 0.3) is 5.69 Å². The number of aromatic nitrogens is 5. The second-order valence-corrected chi connectivity index (χ2v) is 11.7. The maximum Gasteiger partial charge on any atom is 0.321 e. The predicted molar refractivity (Wildman–Crippen MR) is 171 cm³/mol. The molecule has 232 valence electrons. The second-order valence-electron chi connectivity index (χ2n) is 11.7. The minimum absolute atomic E-state index is 0.0112. The van der Waals surface area contributed by atoms with E-state index >= 15 is 0 Å². The fourth-order valence-electron chi connectivity index (χ4n) is 6.27. The molecule has 3 aliphatic heterocycles. The molecule has 3 aliphatic rings. The van der Waals surface area contributed by atoms with Crippen molar-refractivity contribution in [2.75, 3.05) is 46.6 Å². The molecule has 5 heterocycles. The normalized spacial score (nSPS) is 18.2. The molecule has 0 radical (unpaired) electrons. The van der Waals surface area contributed by atoms with E-state index in [0.29, 0.717) is 11.8 Å². The third-order valence-electron chi connectivity index (χ3n) is 8.60. The zero-order valence-electron chi connectivity index (χ0n) is 25.1. The van der Waals surface area contributed by atoms with Gasteiger partial charge in [-0.3, -0.25) is 15.4 Å². The summed E-state index contributed by atoms with van der Waals surface area (Å²) in [6.45, 7) is 5.67. The first-order valence-electron chi connectivity index (χ1n) is 15.5. The summed E-state index contributed by atoms with van der Waals surface area (Å²) < 4.78 is 1.71. The van der Waals surface area contributed by atoms with Gasteiger partial charge in [0.15, 0.2) is 0 Å². The number of carbonyl (C=O) groups excluding carboxylic acids is 1. The van der Waals surface area contributed by atoms with E-state index in [0.717, 1.165) is 92.0 Å². The molecule has 1 atom stereocenters. The molecule has 2 amide bonds. The zero-order chi connectivity index (χ0) is 30.9. The van der Waals surface area contributed by atoms with Crippen molar-refractivity contribution in [3.8, 4) is 5.69 Å². The molecule has 2 aromatic heterocycles. The van der Waals surface area contributed by atoms with Crippen molar-refractivity contribution in [1.29, 1.82) is 0 Å². The van der Waals surface area contributed by atoms with Gasteiger partial charge in [-0.2, -0.15) is 20.1 Å². The van der Waals surface area contributed by atoms with Crippen molar-refractivity contribution in [2.24, 2.45) is 0 Å². The van der Waals surface area contributed by atoms with Crippen LogP contribution in [0.15, 0.2) is 48.5 Å². The number of benzene rings is 2. The summed E-state index contributed by atoms with van der Waals surface area (Å²) >= 11 is 0. The van der Waals surface area contributed by atoms with Crippen molar-refractivity contribution in [1.82, 2.24) is 30.0 Å². The number of hydrogen-bond donors (Lipinski definition) is 3. The number of nitro benzene ring substituents is 1. The van der Waals surface area contributed by atoms with Crippen molar-refractivity contribution >= 4 is 41.1 Å². The Labute approximate surface area is 260 Å². The van der Waals surface area contributed by atoms with Gasteiger partial charge in [-0.1, -0.05) is 0 Å². The number of amides is 2. The van der Waals surface area contributed by atoms with Crippen LogP contribution in [0.3, 0.4) is 0 Å². The average Bonchev–Trinajstić information content (AvgIpc) is 3.41. The van der Waals surface area contributed by atoms with Gasteiger partial charge in [-0.15, -0.1) is 0 Å². The number of fused-ring (bicyclic) bond motifs is 1. The van der Waals surface area contributed by atoms with Crippen LogP contribution in [-0.4, -0.2) is 61.9 Å². The van der Waals surface area contributed by atoms with E-state index in [9.17, 15) is 14.9 Å². The Kier molecular flexibility index (Phi) is 7.61. The lowest BCUT2D eigenvalue weighted by Gasteiger charge is -2.30. The van der Waals surface area contributed by atoms with Gasteiger partial charge in [0.1, 0.15) is 5.82 Å². The second kappa shape index (κ2) is 12.0. The van der Waals surface area contributed by atoms with Gasteiger partial charge < -0.3 is 20.4 Å². The first-order chi connectivity index (χ1) is 21.9. The smallest absolute Gasteiger partial charge is 0.321 e. The molecule has 0 spiro atoms. The minimum atomic E-state index is -0.503. The number of non-ortho nitro benzene ring substituents is 1. The highest BCUT2D eigenvalue weighted by Gasteiger charge is 2.32. The molecular weight excluding hydrogens is 574 g/mol. The molecule has 0 bridgehead atoms. The number of carbonyl (C=O) groups is 1. The summed E-state index contributed by atoms with van der Waals surface area (Å²) in [6, 6.07) is 13.0. The molecule has 0 saturated carbocycles. The summed E-state index contributed by atoms with van der Waals surface area (Å²) in [6.07, 6.45) is 7.00. The lowest BCUT2D eigenvalue weighted by molar-refractivity contribution is -0.384. The Bertz CT molecular complexity index is 1670. The van der Waals surface area contributed by atoms with Crippen LogP contribution < -0.4 is 25.8 Å². The fourth-order valence-corrected chi connectivity index (χ4v) is 6.27. The summed E-state index contributed by atoms with van der Waals surface area (Å²) in [4.78, 5) is 42.4. The minimum Gasteiger partial charge on any atom is -0.341 e. The number of nitrogens with zero attached hydrogens (tertiary/aromatic N) is 8. The number of hydrogen-bond acceptors (Lipinski definition) is 10.